The summed E-state index contributed by atoms with van der Waals surface area (Å²) in [5.41, 5.74) is 2.32. The van der Waals surface area contributed by atoms with Crippen LogP contribution in [0.5, 0.6) is 0 Å². The number of hydrogen-bond donors (Lipinski definition) is 2. The summed E-state index contributed by atoms with van der Waals surface area (Å²) in [6, 6.07) is 12.1. The Balaban J connectivity index is 1.70. The summed E-state index contributed by atoms with van der Waals surface area (Å²) in [5, 5.41) is 16.7. The third-order valence-electron chi connectivity index (χ3n) is 4.82. The predicted molar refractivity (Wildman–Crippen MR) is 108 cm³/mol. The van der Waals surface area contributed by atoms with Gasteiger partial charge in [0, 0.05) is 43.1 Å². The molecule has 0 aliphatic carbocycles. The number of nitrogens with one attached hydrogen (secondary N) is 2. The van der Waals surface area contributed by atoms with Crippen LogP contribution in [0.3, 0.4) is 0 Å². The summed E-state index contributed by atoms with van der Waals surface area (Å²) in [6.07, 6.45) is 4.98. The molecule has 2 aromatic rings. The maximum absolute atomic E-state index is 12.5. The minimum absolute atomic E-state index is 0.123. The van der Waals surface area contributed by atoms with Gasteiger partial charge < -0.3 is 15.5 Å². The lowest BCUT2D eigenvalue weighted by Gasteiger charge is -2.22. The van der Waals surface area contributed by atoms with Crippen molar-refractivity contribution in [2.45, 2.75) is 25.7 Å². The molecule has 1 heterocycles. The first-order valence-electron chi connectivity index (χ1n) is 9.21. The third kappa shape index (κ3) is 4.55. The zero-order valence-electron chi connectivity index (χ0n) is 15.4. The standard InChI is InChI=1S/C20H24N4O3/c1-21-18-11-6-15(14-19(18)24(26)27)20(25)22-16-7-9-17(10-8-16)23-12-4-2-3-5-13-23/h6-11,14,21H,2-5,12-13H2,1H3,(H,22,25). The number of nitro groups is 1. The molecule has 2 N–H and O–H groups in total. The Hall–Kier alpha value is -3.09. The Kier molecular flexibility index (Phi) is 5.90. The van der Waals surface area contributed by atoms with Gasteiger partial charge in [-0.05, 0) is 49.2 Å². The fourth-order valence-electron chi connectivity index (χ4n) is 3.32. The summed E-state index contributed by atoms with van der Waals surface area (Å²) < 4.78 is 0. The van der Waals surface area contributed by atoms with Gasteiger partial charge in [-0.25, -0.2) is 0 Å². The average Bonchev–Trinajstić information content (AvgIpc) is 2.97. The second-order valence-electron chi connectivity index (χ2n) is 6.64. The molecule has 0 atom stereocenters. The number of nitrogens with zero attached hydrogens (tertiary/aromatic N) is 2. The molecule has 1 saturated heterocycles. The SMILES string of the molecule is CNc1ccc(C(=O)Nc2ccc(N3CCCCCC3)cc2)cc1[N+](=O)[O-]. The maximum atomic E-state index is 12.5. The van der Waals surface area contributed by atoms with Gasteiger partial charge in [-0.2, -0.15) is 0 Å². The van der Waals surface area contributed by atoms with E-state index in [0.717, 1.165) is 18.8 Å². The van der Waals surface area contributed by atoms with E-state index < -0.39 is 4.92 Å². The second kappa shape index (κ2) is 8.53. The first kappa shape index (κ1) is 18.7. The van der Waals surface area contributed by atoms with Crippen molar-refractivity contribution in [2.75, 3.05) is 35.7 Å². The van der Waals surface area contributed by atoms with Gasteiger partial charge >= 0.3 is 0 Å². The quantitative estimate of drug-likeness (QED) is 0.608. The number of nitro benzene ring substituents is 1. The molecular formula is C20H24N4O3. The Labute approximate surface area is 158 Å². The Morgan fingerprint density at radius 1 is 1.04 bits per heavy atom. The van der Waals surface area contributed by atoms with Crippen LogP contribution < -0.4 is 15.5 Å². The van der Waals surface area contributed by atoms with Crippen LogP contribution in [0.4, 0.5) is 22.7 Å². The molecule has 1 aliphatic rings. The summed E-state index contributed by atoms with van der Waals surface area (Å²) in [6.45, 7) is 2.13. The van der Waals surface area contributed by atoms with Gasteiger partial charge in [0.15, 0.2) is 0 Å². The topological polar surface area (TPSA) is 87.5 Å². The van der Waals surface area contributed by atoms with Crippen molar-refractivity contribution in [1.82, 2.24) is 0 Å². The number of benzene rings is 2. The normalized spacial score (nSPS) is 14.3. The van der Waals surface area contributed by atoms with Crippen LogP contribution in [0.25, 0.3) is 0 Å². The van der Waals surface area contributed by atoms with Gasteiger partial charge in [0.05, 0.1) is 4.92 Å². The van der Waals surface area contributed by atoms with Crippen molar-refractivity contribution in [3.8, 4) is 0 Å². The molecule has 2 aromatic carbocycles. The Morgan fingerprint density at radius 2 is 1.70 bits per heavy atom. The molecule has 0 unspecified atom stereocenters. The molecule has 1 aliphatic heterocycles. The van der Waals surface area contributed by atoms with Crippen molar-refractivity contribution < 1.29 is 9.72 Å². The second-order valence-corrected chi connectivity index (χ2v) is 6.64. The van der Waals surface area contributed by atoms with Crippen LogP contribution in [0.2, 0.25) is 0 Å². The molecule has 27 heavy (non-hydrogen) atoms. The Bertz CT molecular complexity index is 812. The third-order valence-corrected chi connectivity index (χ3v) is 4.82. The van der Waals surface area contributed by atoms with E-state index in [0.29, 0.717) is 11.4 Å². The predicted octanol–water partition coefficient (Wildman–Crippen LogP) is 4.27. The van der Waals surface area contributed by atoms with Gasteiger partial charge in [-0.3, -0.25) is 14.9 Å². The number of amides is 1. The highest BCUT2D eigenvalue weighted by Crippen LogP contribution is 2.26. The van der Waals surface area contributed by atoms with Crippen LogP contribution in [-0.4, -0.2) is 31.0 Å². The first-order valence-corrected chi connectivity index (χ1v) is 9.21. The van der Waals surface area contributed by atoms with Crippen LogP contribution in [0.15, 0.2) is 42.5 Å². The minimum atomic E-state index is -0.501. The van der Waals surface area contributed by atoms with Gasteiger partial charge in [0.2, 0.25) is 0 Å². The lowest BCUT2D eigenvalue weighted by molar-refractivity contribution is -0.384. The average molecular weight is 368 g/mol. The zero-order chi connectivity index (χ0) is 19.2. The van der Waals surface area contributed by atoms with Crippen molar-refractivity contribution in [3.05, 3.63) is 58.1 Å². The molecule has 0 spiro atoms. The first-order chi connectivity index (χ1) is 13.1. The van der Waals surface area contributed by atoms with Crippen molar-refractivity contribution >= 4 is 28.7 Å². The molecular weight excluding hydrogens is 344 g/mol. The van der Waals surface area contributed by atoms with E-state index in [-0.39, 0.29) is 17.2 Å². The number of rotatable bonds is 5. The molecule has 0 aromatic heterocycles. The van der Waals surface area contributed by atoms with E-state index in [1.807, 2.05) is 24.3 Å². The van der Waals surface area contributed by atoms with Crippen LogP contribution in [0, 0.1) is 10.1 Å². The largest absolute Gasteiger partial charge is 0.383 e. The molecule has 142 valence electrons. The van der Waals surface area contributed by atoms with Gasteiger partial charge in [-0.15, -0.1) is 0 Å². The highest BCUT2D eigenvalue weighted by Gasteiger charge is 2.17. The lowest BCUT2D eigenvalue weighted by Crippen LogP contribution is -2.23. The summed E-state index contributed by atoms with van der Waals surface area (Å²) >= 11 is 0. The molecule has 0 bridgehead atoms. The Morgan fingerprint density at radius 3 is 2.30 bits per heavy atom. The molecule has 0 saturated carbocycles. The highest BCUT2D eigenvalue weighted by molar-refractivity contribution is 6.05. The molecule has 3 rings (SSSR count). The summed E-state index contributed by atoms with van der Waals surface area (Å²) in [4.78, 5) is 25.5. The van der Waals surface area contributed by atoms with E-state index in [2.05, 4.69) is 15.5 Å². The molecule has 1 fully saturated rings. The van der Waals surface area contributed by atoms with E-state index in [9.17, 15) is 14.9 Å². The van der Waals surface area contributed by atoms with Crippen LogP contribution >= 0.6 is 0 Å². The highest BCUT2D eigenvalue weighted by atomic mass is 16.6. The number of carbonyl (C=O) groups is 1. The summed E-state index contributed by atoms with van der Waals surface area (Å²) in [5.74, 6) is -0.372. The molecule has 7 heteroatoms. The molecule has 0 radical (unpaired) electrons. The fourth-order valence-corrected chi connectivity index (χ4v) is 3.32. The summed E-state index contributed by atoms with van der Waals surface area (Å²) in [7, 11) is 1.61. The van der Waals surface area contributed by atoms with Gasteiger partial charge in [-0.1, -0.05) is 12.8 Å². The van der Waals surface area contributed by atoms with E-state index >= 15 is 0 Å². The van der Waals surface area contributed by atoms with E-state index in [1.165, 1.54) is 37.8 Å². The fraction of sp³-hybridized carbons (Fsp3) is 0.350. The maximum Gasteiger partial charge on any atom is 0.293 e. The number of anilines is 3. The number of carbonyl (C=O) groups excluding carboxylic acids is 1. The van der Waals surface area contributed by atoms with Crippen molar-refractivity contribution in [2.24, 2.45) is 0 Å². The van der Waals surface area contributed by atoms with Crippen LogP contribution in [0.1, 0.15) is 36.0 Å². The van der Waals surface area contributed by atoms with Crippen molar-refractivity contribution in [1.29, 1.82) is 0 Å². The smallest absolute Gasteiger partial charge is 0.293 e. The van der Waals surface area contributed by atoms with E-state index in [1.54, 1.807) is 13.1 Å². The van der Waals surface area contributed by atoms with Crippen molar-refractivity contribution in [3.63, 3.8) is 0 Å². The number of hydrogen-bond acceptors (Lipinski definition) is 5. The van der Waals surface area contributed by atoms with E-state index in [4.69, 9.17) is 0 Å². The molecule has 7 nitrogen and oxygen atoms in total. The minimum Gasteiger partial charge on any atom is -0.383 e. The molecule has 1 amide bonds. The monoisotopic (exact) mass is 368 g/mol. The van der Waals surface area contributed by atoms with Crippen LogP contribution in [-0.2, 0) is 0 Å². The lowest BCUT2D eigenvalue weighted by atomic mass is 10.1. The van der Waals surface area contributed by atoms with Gasteiger partial charge in [0.25, 0.3) is 11.6 Å². The zero-order valence-corrected chi connectivity index (χ0v) is 15.4. The van der Waals surface area contributed by atoms with Gasteiger partial charge in [0.1, 0.15) is 5.69 Å².